The van der Waals surface area contributed by atoms with E-state index in [-0.39, 0.29) is 35.9 Å². The molecule has 1 aliphatic rings. The highest BCUT2D eigenvalue weighted by atomic mass is 127. The van der Waals surface area contributed by atoms with Crippen LogP contribution in [0.25, 0.3) is 0 Å². The predicted molar refractivity (Wildman–Crippen MR) is 101 cm³/mol. The third kappa shape index (κ3) is 5.42. The Kier molecular flexibility index (Phi) is 8.77. The first kappa shape index (κ1) is 19.2. The molecule has 5 nitrogen and oxygen atoms in total. The third-order valence-corrected chi connectivity index (χ3v) is 4.49. The van der Waals surface area contributed by atoms with Gasteiger partial charge in [-0.05, 0) is 31.2 Å². The molecule has 0 saturated carbocycles. The largest absolute Gasteiger partial charge is 0.469 e. The standard InChI is InChI=1S/C15H23N3O2S.HI/c1-3-16-15(17-11-13-5-4-10-21-13)18-8-6-12(7-9-18)14(19)20-2;/h4-5,10,12H,3,6-9,11H2,1-2H3,(H,16,17);1H. The molecule has 7 heteroatoms. The number of piperidine rings is 1. The Morgan fingerprint density at radius 1 is 1.50 bits per heavy atom. The maximum absolute atomic E-state index is 11.6. The van der Waals surface area contributed by atoms with Crippen LogP contribution in [0.5, 0.6) is 0 Å². The van der Waals surface area contributed by atoms with Gasteiger partial charge in [-0.15, -0.1) is 35.3 Å². The Morgan fingerprint density at radius 2 is 2.23 bits per heavy atom. The molecule has 1 aromatic heterocycles. The van der Waals surface area contributed by atoms with Gasteiger partial charge < -0.3 is 15.0 Å². The number of methoxy groups -OCH3 is 1. The lowest BCUT2D eigenvalue weighted by Gasteiger charge is -2.33. The number of likely N-dealkylation sites (tertiary alicyclic amines) is 1. The number of ether oxygens (including phenoxy) is 1. The summed E-state index contributed by atoms with van der Waals surface area (Å²) in [7, 11) is 1.46. The minimum atomic E-state index is -0.0878. The van der Waals surface area contributed by atoms with E-state index in [0.29, 0.717) is 6.54 Å². The zero-order valence-electron chi connectivity index (χ0n) is 13.1. The number of carbonyl (C=O) groups is 1. The third-order valence-electron chi connectivity index (χ3n) is 3.63. The lowest BCUT2D eigenvalue weighted by molar-refractivity contribution is -0.146. The van der Waals surface area contributed by atoms with Crippen molar-refractivity contribution in [3.63, 3.8) is 0 Å². The average molecular weight is 437 g/mol. The molecule has 124 valence electrons. The molecule has 2 rings (SSSR count). The van der Waals surface area contributed by atoms with Gasteiger partial charge in [0.2, 0.25) is 0 Å². The summed E-state index contributed by atoms with van der Waals surface area (Å²) < 4.78 is 4.83. The molecule has 1 N–H and O–H groups in total. The summed E-state index contributed by atoms with van der Waals surface area (Å²) >= 11 is 1.72. The SMILES string of the molecule is CCNC(=NCc1cccs1)N1CCC(C(=O)OC)CC1.I. The number of hydrogen-bond acceptors (Lipinski definition) is 4. The quantitative estimate of drug-likeness (QED) is 0.341. The highest BCUT2D eigenvalue weighted by Gasteiger charge is 2.26. The summed E-state index contributed by atoms with van der Waals surface area (Å²) in [5.41, 5.74) is 0. The number of rotatable bonds is 4. The van der Waals surface area contributed by atoms with E-state index < -0.39 is 0 Å². The van der Waals surface area contributed by atoms with Crippen molar-refractivity contribution in [1.82, 2.24) is 10.2 Å². The van der Waals surface area contributed by atoms with Crippen molar-refractivity contribution >= 4 is 47.2 Å². The van der Waals surface area contributed by atoms with Crippen molar-refractivity contribution in [3.8, 4) is 0 Å². The van der Waals surface area contributed by atoms with E-state index in [1.54, 1.807) is 11.3 Å². The van der Waals surface area contributed by atoms with Crippen LogP contribution < -0.4 is 5.32 Å². The number of nitrogens with one attached hydrogen (secondary N) is 1. The van der Waals surface area contributed by atoms with Gasteiger partial charge in [-0.2, -0.15) is 0 Å². The molecule has 1 aliphatic heterocycles. The molecular weight excluding hydrogens is 413 g/mol. The number of nitrogens with zero attached hydrogens (tertiary/aromatic N) is 2. The van der Waals surface area contributed by atoms with Gasteiger partial charge in [0, 0.05) is 24.5 Å². The molecule has 0 atom stereocenters. The monoisotopic (exact) mass is 437 g/mol. The number of halogens is 1. The molecule has 2 heterocycles. The van der Waals surface area contributed by atoms with Crippen LogP contribution in [0, 0.1) is 5.92 Å². The van der Waals surface area contributed by atoms with Crippen LogP contribution in [-0.4, -0.2) is 43.6 Å². The smallest absolute Gasteiger partial charge is 0.308 e. The molecule has 22 heavy (non-hydrogen) atoms. The molecule has 0 aromatic carbocycles. The lowest BCUT2D eigenvalue weighted by Crippen LogP contribution is -2.46. The second-order valence-electron chi connectivity index (χ2n) is 5.03. The van der Waals surface area contributed by atoms with Crippen LogP contribution in [0.2, 0.25) is 0 Å². The van der Waals surface area contributed by atoms with E-state index in [1.165, 1.54) is 12.0 Å². The maximum Gasteiger partial charge on any atom is 0.308 e. The summed E-state index contributed by atoms with van der Waals surface area (Å²) in [6.07, 6.45) is 1.66. The minimum Gasteiger partial charge on any atom is -0.469 e. The topological polar surface area (TPSA) is 53.9 Å². The summed E-state index contributed by atoms with van der Waals surface area (Å²) in [6, 6.07) is 4.14. The fourth-order valence-corrected chi connectivity index (χ4v) is 3.10. The van der Waals surface area contributed by atoms with Gasteiger partial charge in [0.1, 0.15) is 0 Å². The van der Waals surface area contributed by atoms with Crippen molar-refractivity contribution in [1.29, 1.82) is 0 Å². The van der Waals surface area contributed by atoms with E-state index in [0.717, 1.165) is 38.4 Å². The van der Waals surface area contributed by atoms with Gasteiger partial charge >= 0.3 is 5.97 Å². The molecule has 0 amide bonds. The Hall–Kier alpha value is -0.830. The Balaban J connectivity index is 0.00000242. The number of carbonyl (C=O) groups excluding carboxylic acids is 1. The molecule has 0 aliphatic carbocycles. The van der Waals surface area contributed by atoms with Crippen molar-refractivity contribution in [2.24, 2.45) is 10.9 Å². The normalized spacial score (nSPS) is 16.1. The van der Waals surface area contributed by atoms with Gasteiger partial charge in [-0.1, -0.05) is 6.07 Å². The van der Waals surface area contributed by atoms with E-state index in [1.807, 2.05) is 6.07 Å². The number of esters is 1. The predicted octanol–water partition coefficient (Wildman–Crippen LogP) is 2.72. The molecule has 0 unspecified atom stereocenters. The molecule has 0 radical (unpaired) electrons. The van der Waals surface area contributed by atoms with Crippen LogP contribution in [0.4, 0.5) is 0 Å². The Labute approximate surface area is 153 Å². The maximum atomic E-state index is 11.6. The van der Waals surface area contributed by atoms with Crippen molar-refractivity contribution < 1.29 is 9.53 Å². The second kappa shape index (κ2) is 10.0. The first-order chi connectivity index (χ1) is 10.2. The number of guanidine groups is 1. The zero-order valence-corrected chi connectivity index (χ0v) is 16.2. The van der Waals surface area contributed by atoms with Crippen LogP contribution in [0.3, 0.4) is 0 Å². The van der Waals surface area contributed by atoms with Gasteiger partial charge in [-0.3, -0.25) is 4.79 Å². The van der Waals surface area contributed by atoms with Gasteiger partial charge in [0.25, 0.3) is 0 Å². The molecule has 1 saturated heterocycles. The zero-order chi connectivity index (χ0) is 15.1. The fraction of sp³-hybridized carbons (Fsp3) is 0.600. The first-order valence-electron chi connectivity index (χ1n) is 7.38. The molecular formula is C15H24IN3O2S. The number of aliphatic imine (C=N–C) groups is 1. The van der Waals surface area contributed by atoms with Gasteiger partial charge in [0.15, 0.2) is 5.96 Å². The van der Waals surface area contributed by atoms with Crippen LogP contribution in [-0.2, 0) is 16.1 Å². The van der Waals surface area contributed by atoms with Gasteiger partial charge in [-0.25, -0.2) is 4.99 Å². The lowest BCUT2D eigenvalue weighted by atomic mass is 9.97. The highest BCUT2D eigenvalue weighted by molar-refractivity contribution is 14.0. The fourth-order valence-electron chi connectivity index (χ4n) is 2.47. The molecule has 1 fully saturated rings. The molecule has 0 bridgehead atoms. The van der Waals surface area contributed by atoms with Crippen molar-refractivity contribution in [2.75, 3.05) is 26.7 Å². The van der Waals surface area contributed by atoms with E-state index in [2.05, 4.69) is 28.6 Å². The molecule has 1 aromatic rings. The summed E-state index contributed by atoms with van der Waals surface area (Å²) in [6.45, 7) is 5.31. The number of thiophene rings is 1. The molecule has 0 spiro atoms. The number of hydrogen-bond donors (Lipinski definition) is 1. The van der Waals surface area contributed by atoms with Crippen LogP contribution >= 0.6 is 35.3 Å². The van der Waals surface area contributed by atoms with E-state index in [4.69, 9.17) is 9.73 Å². The van der Waals surface area contributed by atoms with E-state index >= 15 is 0 Å². The summed E-state index contributed by atoms with van der Waals surface area (Å²) in [5.74, 6) is 0.885. The van der Waals surface area contributed by atoms with Crippen LogP contribution in [0.1, 0.15) is 24.6 Å². The highest BCUT2D eigenvalue weighted by Crippen LogP contribution is 2.19. The van der Waals surface area contributed by atoms with E-state index in [9.17, 15) is 4.79 Å². The summed E-state index contributed by atoms with van der Waals surface area (Å²) in [4.78, 5) is 19.8. The van der Waals surface area contributed by atoms with Crippen molar-refractivity contribution in [2.45, 2.75) is 26.3 Å². The van der Waals surface area contributed by atoms with Crippen molar-refractivity contribution in [3.05, 3.63) is 22.4 Å². The minimum absolute atomic E-state index is 0. The second-order valence-corrected chi connectivity index (χ2v) is 6.07. The summed E-state index contributed by atoms with van der Waals surface area (Å²) in [5, 5.41) is 5.41. The van der Waals surface area contributed by atoms with Crippen LogP contribution in [0.15, 0.2) is 22.5 Å². The first-order valence-corrected chi connectivity index (χ1v) is 8.26. The Morgan fingerprint density at radius 3 is 2.77 bits per heavy atom. The Bertz CT molecular complexity index is 471. The average Bonchev–Trinajstić information content (AvgIpc) is 3.04. The van der Waals surface area contributed by atoms with Gasteiger partial charge in [0.05, 0.1) is 19.6 Å².